The highest BCUT2D eigenvalue weighted by molar-refractivity contribution is 6.68. The summed E-state index contributed by atoms with van der Waals surface area (Å²) in [5.41, 5.74) is 6.43. The van der Waals surface area contributed by atoms with Crippen molar-refractivity contribution in [1.82, 2.24) is 9.80 Å². The molecule has 34 heavy (non-hydrogen) atoms. The number of hydrogen-bond donors (Lipinski definition) is 0. The van der Waals surface area contributed by atoms with Crippen molar-refractivity contribution < 1.29 is 14.2 Å². The first-order chi connectivity index (χ1) is 16.3. The quantitative estimate of drug-likeness (QED) is 0.519. The maximum atomic E-state index is 6.76. The van der Waals surface area contributed by atoms with Crippen LogP contribution in [0.25, 0.3) is 11.8 Å². The van der Waals surface area contributed by atoms with Gasteiger partial charge < -0.3 is 28.9 Å². The van der Waals surface area contributed by atoms with Gasteiger partial charge in [-0.3, -0.25) is 0 Å². The second kappa shape index (κ2) is 8.30. The first kappa shape index (κ1) is 22.5. The topological polar surface area (TPSA) is 37.4 Å². The lowest BCUT2D eigenvalue weighted by Crippen LogP contribution is -2.47. The fraction of sp³-hybridized carbons (Fsp3) is 0.440. The molecule has 0 aromatic heterocycles. The largest absolute Gasteiger partial charge is 0.495 e. The zero-order valence-electron chi connectivity index (χ0n) is 19.1. The van der Waals surface area contributed by atoms with E-state index in [1.54, 1.807) is 7.11 Å². The van der Waals surface area contributed by atoms with Gasteiger partial charge in [0.05, 0.1) is 12.8 Å². The maximum Gasteiger partial charge on any atom is 0.231 e. The van der Waals surface area contributed by atoms with Gasteiger partial charge >= 0.3 is 0 Å². The van der Waals surface area contributed by atoms with Gasteiger partial charge in [-0.05, 0) is 48.9 Å². The molecular formula is C25H26Cl3N3O3. The van der Waals surface area contributed by atoms with E-state index in [0.29, 0.717) is 0 Å². The van der Waals surface area contributed by atoms with Crippen molar-refractivity contribution in [2.75, 3.05) is 58.6 Å². The molecule has 1 atom stereocenters. The molecule has 0 N–H and O–H groups in total. The smallest absolute Gasteiger partial charge is 0.231 e. The molecule has 180 valence electrons. The van der Waals surface area contributed by atoms with Gasteiger partial charge in [0.25, 0.3) is 0 Å². The van der Waals surface area contributed by atoms with E-state index in [-0.39, 0.29) is 6.79 Å². The maximum absolute atomic E-state index is 6.76. The molecule has 0 radical (unpaired) electrons. The Morgan fingerprint density at radius 2 is 1.74 bits per heavy atom. The second-order valence-electron chi connectivity index (χ2n) is 9.19. The Labute approximate surface area is 214 Å². The van der Waals surface area contributed by atoms with Crippen molar-refractivity contribution in [3.63, 3.8) is 0 Å². The Bertz CT molecular complexity index is 1170. The van der Waals surface area contributed by atoms with E-state index < -0.39 is 9.83 Å². The fourth-order valence-electron chi connectivity index (χ4n) is 5.56. The molecule has 1 fully saturated rings. The van der Waals surface area contributed by atoms with Crippen LogP contribution in [0.5, 0.6) is 17.2 Å². The minimum Gasteiger partial charge on any atom is -0.495 e. The van der Waals surface area contributed by atoms with Gasteiger partial charge in [-0.1, -0.05) is 40.9 Å². The lowest BCUT2D eigenvalue weighted by Gasteiger charge is -2.47. The number of halogens is 3. The van der Waals surface area contributed by atoms with E-state index in [4.69, 9.17) is 49.0 Å². The number of likely N-dealkylation sites (N-methyl/N-ethyl adjacent to an activating group) is 1. The van der Waals surface area contributed by atoms with Crippen molar-refractivity contribution in [3.8, 4) is 17.2 Å². The van der Waals surface area contributed by atoms with E-state index in [9.17, 15) is 0 Å². The van der Waals surface area contributed by atoms with Gasteiger partial charge in [-0.15, -0.1) is 0 Å². The zero-order valence-corrected chi connectivity index (χ0v) is 21.4. The minimum atomic E-state index is -1.55. The van der Waals surface area contributed by atoms with E-state index in [2.05, 4.69) is 46.0 Å². The summed E-state index contributed by atoms with van der Waals surface area (Å²) in [6.45, 7) is 4.69. The predicted molar refractivity (Wildman–Crippen MR) is 137 cm³/mol. The van der Waals surface area contributed by atoms with Crippen LogP contribution in [0.4, 0.5) is 5.69 Å². The Morgan fingerprint density at radius 1 is 1.00 bits per heavy atom. The number of nitrogens with zero attached hydrogens (tertiary/aromatic N) is 3. The normalized spacial score (nSPS) is 21.6. The fourth-order valence-corrected chi connectivity index (χ4v) is 6.24. The van der Waals surface area contributed by atoms with Gasteiger partial charge in [-0.25, -0.2) is 0 Å². The first-order valence-corrected chi connectivity index (χ1v) is 12.6. The third kappa shape index (κ3) is 3.58. The lowest BCUT2D eigenvalue weighted by molar-refractivity contribution is 0.174. The number of hydrogen-bond acceptors (Lipinski definition) is 6. The Kier molecular flexibility index (Phi) is 5.49. The third-order valence-electron chi connectivity index (χ3n) is 7.25. The molecule has 0 saturated carbocycles. The van der Waals surface area contributed by atoms with Crippen LogP contribution < -0.4 is 19.1 Å². The van der Waals surface area contributed by atoms with Gasteiger partial charge in [0.2, 0.25) is 10.6 Å². The van der Waals surface area contributed by atoms with Crippen LogP contribution >= 0.6 is 34.8 Å². The van der Waals surface area contributed by atoms with Gasteiger partial charge in [0.15, 0.2) is 11.5 Å². The Hall–Kier alpha value is -1.99. The molecule has 4 aliphatic heterocycles. The van der Waals surface area contributed by atoms with E-state index in [1.807, 2.05) is 6.07 Å². The summed E-state index contributed by atoms with van der Waals surface area (Å²) in [6.07, 6.45) is 3.03. The SMILES string of the molecule is COc1ccc2c(c1N1CCN(C)CC1)[C@@H](C(Cl)(Cl)Cl)N1CCc3cc4c(cc3C1=C2)OCO4. The van der Waals surface area contributed by atoms with Crippen LogP contribution in [0.1, 0.15) is 28.3 Å². The highest BCUT2D eigenvalue weighted by Crippen LogP contribution is 2.56. The minimum absolute atomic E-state index is 0.245. The van der Waals surface area contributed by atoms with Gasteiger partial charge in [0.1, 0.15) is 11.8 Å². The van der Waals surface area contributed by atoms with E-state index >= 15 is 0 Å². The number of alkyl halides is 3. The molecule has 0 amide bonds. The third-order valence-corrected chi connectivity index (χ3v) is 7.87. The molecule has 0 spiro atoms. The highest BCUT2D eigenvalue weighted by Gasteiger charge is 2.46. The van der Waals surface area contributed by atoms with Crippen molar-refractivity contribution in [3.05, 3.63) is 46.5 Å². The summed E-state index contributed by atoms with van der Waals surface area (Å²) >= 11 is 20.3. The number of rotatable bonds is 2. The predicted octanol–water partition coefficient (Wildman–Crippen LogP) is 4.96. The number of anilines is 1. The number of fused-ring (bicyclic) bond motifs is 5. The average molecular weight is 523 g/mol. The second-order valence-corrected chi connectivity index (χ2v) is 11.6. The molecule has 2 aromatic rings. The Morgan fingerprint density at radius 3 is 2.44 bits per heavy atom. The summed E-state index contributed by atoms with van der Waals surface area (Å²) < 4.78 is 15.6. The molecule has 4 heterocycles. The van der Waals surface area contributed by atoms with Crippen molar-refractivity contribution in [2.24, 2.45) is 0 Å². The van der Waals surface area contributed by atoms with Crippen LogP contribution in [-0.2, 0) is 6.42 Å². The van der Waals surface area contributed by atoms with Crippen LogP contribution in [0.2, 0.25) is 0 Å². The molecule has 6 rings (SSSR count). The standard InChI is InChI=1S/C25H26Cl3N3O3/c1-29-7-9-30(10-8-29)23-19(32-2)4-3-16-11-18-17-13-21-20(33-14-34-21)12-15(17)5-6-31(18)24(22(16)23)25(26,27)28/h3-4,11-13,24H,5-10,14H2,1-2H3/t24-/m0/s1. The molecule has 1 saturated heterocycles. The average Bonchev–Trinajstić information content (AvgIpc) is 3.28. The van der Waals surface area contributed by atoms with Crippen molar-refractivity contribution >= 4 is 52.3 Å². The number of benzene rings is 2. The lowest BCUT2D eigenvalue weighted by atomic mass is 9.85. The number of piperazine rings is 1. The molecular weight excluding hydrogens is 497 g/mol. The van der Waals surface area contributed by atoms with Crippen LogP contribution in [0.15, 0.2) is 24.3 Å². The first-order valence-electron chi connectivity index (χ1n) is 11.5. The van der Waals surface area contributed by atoms with Gasteiger partial charge in [-0.2, -0.15) is 0 Å². The van der Waals surface area contributed by atoms with Gasteiger partial charge in [0, 0.05) is 49.5 Å². The summed E-state index contributed by atoms with van der Waals surface area (Å²) in [4.78, 5) is 6.93. The molecule has 0 aliphatic carbocycles. The number of methoxy groups -OCH3 is 1. The van der Waals surface area contributed by atoms with Crippen molar-refractivity contribution in [1.29, 1.82) is 0 Å². The molecule has 0 bridgehead atoms. The number of ether oxygens (including phenoxy) is 3. The zero-order chi connectivity index (χ0) is 23.6. The highest BCUT2D eigenvalue weighted by atomic mass is 35.6. The molecule has 9 heteroatoms. The Balaban J connectivity index is 1.55. The summed E-state index contributed by atoms with van der Waals surface area (Å²) in [7, 11) is 3.85. The van der Waals surface area contributed by atoms with Crippen LogP contribution in [0, 0.1) is 0 Å². The molecule has 6 nitrogen and oxygen atoms in total. The molecule has 4 aliphatic rings. The molecule has 2 aromatic carbocycles. The summed E-state index contributed by atoms with van der Waals surface area (Å²) in [5, 5.41) is 0. The monoisotopic (exact) mass is 521 g/mol. The molecule has 0 unspecified atom stereocenters. The summed E-state index contributed by atoms with van der Waals surface area (Å²) in [5.74, 6) is 2.36. The van der Waals surface area contributed by atoms with E-state index in [0.717, 1.165) is 84.5 Å². The van der Waals surface area contributed by atoms with Crippen molar-refractivity contribution in [2.45, 2.75) is 16.3 Å². The van der Waals surface area contributed by atoms with E-state index in [1.165, 1.54) is 5.56 Å². The summed E-state index contributed by atoms with van der Waals surface area (Å²) in [6, 6.07) is 7.78. The van der Waals surface area contributed by atoms with Crippen LogP contribution in [-0.4, -0.2) is 67.3 Å². The van der Waals surface area contributed by atoms with Crippen LogP contribution in [0.3, 0.4) is 0 Å².